The lowest BCUT2D eigenvalue weighted by Crippen LogP contribution is -2.39. The maximum atomic E-state index is 5.39. The number of hydrogen-bond donors (Lipinski definition) is 1. The van der Waals surface area contributed by atoms with Crippen molar-refractivity contribution in [3.05, 3.63) is 35.0 Å². The predicted octanol–water partition coefficient (Wildman–Crippen LogP) is 4.28. The van der Waals surface area contributed by atoms with Gasteiger partial charge in [0, 0.05) is 47.9 Å². The van der Waals surface area contributed by atoms with Crippen LogP contribution in [0.25, 0.3) is 10.2 Å². The fourth-order valence-corrected chi connectivity index (χ4v) is 5.74. The van der Waals surface area contributed by atoms with E-state index in [1.807, 2.05) is 29.5 Å². The Morgan fingerprint density at radius 3 is 2.52 bits per heavy atom. The fourth-order valence-electron chi connectivity index (χ4n) is 4.51. The van der Waals surface area contributed by atoms with E-state index in [0.717, 1.165) is 53.8 Å². The number of methoxy groups -OCH3 is 2. The molecule has 2 aromatic heterocycles. The molecule has 6 nitrogen and oxygen atoms in total. The van der Waals surface area contributed by atoms with E-state index in [0.29, 0.717) is 6.04 Å². The van der Waals surface area contributed by atoms with Crippen LogP contribution in [0.15, 0.2) is 24.5 Å². The molecule has 2 aliphatic rings. The summed E-state index contributed by atoms with van der Waals surface area (Å²) in [5.74, 6) is 2.74. The quantitative estimate of drug-likeness (QED) is 0.678. The number of fused-ring (bicyclic) bond motifs is 3. The van der Waals surface area contributed by atoms with Crippen molar-refractivity contribution in [2.75, 3.05) is 37.5 Å². The molecule has 0 atom stereocenters. The van der Waals surface area contributed by atoms with Crippen molar-refractivity contribution < 1.29 is 9.47 Å². The van der Waals surface area contributed by atoms with E-state index in [1.165, 1.54) is 35.1 Å². The first-order valence-electron chi connectivity index (χ1n) is 10.2. The van der Waals surface area contributed by atoms with Gasteiger partial charge in [-0.05, 0) is 37.7 Å². The topological polar surface area (TPSA) is 59.5 Å². The van der Waals surface area contributed by atoms with Crippen LogP contribution in [0, 0.1) is 0 Å². The summed E-state index contributed by atoms with van der Waals surface area (Å²) in [6.45, 7) is 1.99. The zero-order valence-electron chi connectivity index (χ0n) is 16.9. The molecular formula is C22H26N4O2S. The van der Waals surface area contributed by atoms with E-state index in [-0.39, 0.29) is 0 Å². The second kappa shape index (κ2) is 7.71. The lowest BCUT2D eigenvalue weighted by Gasteiger charge is -2.34. The third-order valence-corrected chi connectivity index (χ3v) is 7.20. The Morgan fingerprint density at radius 1 is 1.03 bits per heavy atom. The largest absolute Gasteiger partial charge is 0.497 e. The van der Waals surface area contributed by atoms with Crippen LogP contribution in [0.1, 0.15) is 29.7 Å². The van der Waals surface area contributed by atoms with Crippen molar-refractivity contribution in [1.29, 1.82) is 0 Å². The van der Waals surface area contributed by atoms with Gasteiger partial charge >= 0.3 is 0 Å². The molecule has 0 amide bonds. The maximum Gasteiger partial charge on any atom is 0.141 e. The van der Waals surface area contributed by atoms with Crippen LogP contribution < -0.4 is 19.7 Å². The molecular weight excluding hydrogens is 384 g/mol. The number of rotatable bonds is 5. The average molecular weight is 411 g/mol. The molecule has 152 valence electrons. The Morgan fingerprint density at radius 2 is 1.79 bits per heavy atom. The summed E-state index contributed by atoms with van der Waals surface area (Å²) in [7, 11) is 3.36. The lowest BCUT2D eigenvalue weighted by molar-refractivity contribution is 0.394. The average Bonchev–Trinajstić information content (AvgIpc) is 3.35. The number of benzene rings is 1. The smallest absolute Gasteiger partial charge is 0.141 e. The second-order valence-electron chi connectivity index (χ2n) is 7.74. The molecule has 7 heteroatoms. The van der Waals surface area contributed by atoms with Crippen molar-refractivity contribution >= 4 is 33.1 Å². The predicted molar refractivity (Wildman–Crippen MR) is 118 cm³/mol. The van der Waals surface area contributed by atoms with Gasteiger partial charge in [-0.15, -0.1) is 11.3 Å². The van der Waals surface area contributed by atoms with Crippen LogP contribution in [-0.2, 0) is 12.8 Å². The van der Waals surface area contributed by atoms with Crippen LogP contribution >= 0.6 is 11.3 Å². The minimum Gasteiger partial charge on any atom is -0.497 e. The van der Waals surface area contributed by atoms with Crippen LogP contribution in [0.3, 0.4) is 0 Å². The van der Waals surface area contributed by atoms with E-state index >= 15 is 0 Å². The Bertz CT molecular complexity index is 1000. The molecule has 0 unspecified atom stereocenters. The Balaban J connectivity index is 1.31. The van der Waals surface area contributed by atoms with Crippen molar-refractivity contribution in [3.8, 4) is 11.5 Å². The molecule has 1 N–H and O–H groups in total. The highest BCUT2D eigenvalue weighted by atomic mass is 32.1. The molecule has 3 heterocycles. The lowest BCUT2D eigenvalue weighted by atomic mass is 10.0. The Labute approximate surface area is 174 Å². The summed E-state index contributed by atoms with van der Waals surface area (Å²) < 4.78 is 10.8. The van der Waals surface area contributed by atoms with E-state index in [4.69, 9.17) is 14.5 Å². The summed E-state index contributed by atoms with van der Waals surface area (Å²) >= 11 is 1.86. The molecule has 5 rings (SSSR count). The first-order chi connectivity index (χ1) is 14.2. The number of aryl methyl sites for hydroxylation is 2. The second-order valence-corrected chi connectivity index (χ2v) is 8.83. The summed E-state index contributed by atoms with van der Waals surface area (Å²) in [4.78, 5) is 14.4. The zero-order chi connectivity index (χ0) is 19.8. The van der Waals surface area contributed by atoms with Gasteiger partial charge in [0.25, 0.3) is 0 Å². The van der Waals surface area contributed by atoms with Gasteiger partial charge in [-0.25, -0.2) is 9.97 Å². The molecule has 3 aromatic rings. The zero-order valence-corrected chi connectivity index (χ0v) is 17.7. The number of ether oxygens (including phenoxy) is 2. The molecule has 0 radical (unpaired) electrons. The van der Waals surface area contributed by atoms with Gasteiger partial charge in [0.1, 0.15) is 28.5 Å². The Kier molecular flexibility index (Phi) is 4.91. The number of nitrogens with zero attached hydrogens (tertiary/aromatic N) is 3. The van der Waals surface area contributed by atoms with Gasteiger partial charge in [0.2, 0.25) is 0 Å². The van der Waals surface area contributed by atoms with Crippen LogP contribution in [0.5, 0.6) is 11.5 Å². The first-order valence-corrected chi connectivity index (χ1v) is 11.1. The minimum atomic E-state index is 0.425. The third-order valence-electron chi connectivity index (χ3n) is 6.00. The monoisotopic (exact) mass is 410 g/mol. The van der Waals surface area contributed by atoms with E-state index in [2.05, 4.69) is 15.2 Å². The van der Waals surface area contributed by atoms with Gasteiger partial charge in [-0.3, -0.25) is 0 Å². The standard InChI is InChI=1S/C22H26N4O2S/c1-27-16-10-15(11-17(12-16)28-2)25-14-6-8-26(9-7-14)21-20-18-4-3-5-19(18)29-22(20)24-13-23-21/h10-14,25H,3-9H2,1-2H3. The number of thiophene rings is 1. The third kappa shape index (κ3) is 3.48. The van der Waals surface area contributed by atoms with E-state index in [1.54, 1.807) is 20.5 Å². The SMILES string of the molecule is COc1cc(NC2CCN(c3ncnc4sc5c(c34)CCC5)CC2)cc(OC)c1. The van der Waals surface area contributed by atoms with Crippen LogP contribution in [0.4, 0.5) is 11.5 Å². The molecule has 0 saturated carbocycles. The molecule has 1 aliphatic carbocycles. The molecule has 1 fully saturated rings. The normalized spacial score (nSPS) is 16.8. The van der Waals surface area contributed by atoms with Crippen molar-refractivity contribution in [1.82, 2.24) is 9.97 Å². The summed E-state index contributed by atoms with van der Waals surface area (Å²) in [6.07, 6.45) is 7.50. The number of anilines is 2. The molecule has 1 aliphatic heterocycles. The summed E-state index contributed by atoms with van der Waals surface area (Å²) in [5, 5.41) is 4.97. The van der Waals surface area contributed by atoms with Gasteiger partial charge in [0.15, 0.2) is 0 Å². The van der Waals surface area contributed by atoms with Crippen molar-refractivity contribution in [3.63, 3.8) is 0 Å². The van der Waals surface area contributed by atoms with E-state index in [9.17, 15) is 0 Å². The molecule has 1 saturated heterocycles. The van der Waals surface area contributed by atoms with Crippen molar-refractivity contribution in [2.45, 2.75) is 38.1 Å². The number of piperidine rings is 1. The van der Waals surface area contributed by atoms with Crippen molar-refractivity contribution in [2.24, 2.45) is 0 Å². The minimum absolute atomic E-state index is 0.425. The Hall–Kier alpha value is -2.54. The molecule has 0 spiro atoms. The van der Waals surface area contributed by atoms with Gasteiger partial charge < -0.3 is 19.7 Å². The van der Waals surface area contributed by atoms with Gasteiger partial charge in [0.05, 0.1) is 19.6 Å². The summed E-state index contributed by atoms with van der Waals surface area (Å²) in [6, 6.07) is 6.37. The maximum absolute atomic E-state index is 5.39. The highest BCUT2D eigenvalue weighted by Crippen LogP contribution is 2.40. The van der Waals surface area contributed by atoms with E-state index < -0.39 is 0 Å². The first kappa shape index (κ1) is 18.5. The van der Waals surface area contributed by atoms with Crippen LogP contribution in [-0.4, -0.2) is 43.3 Å². The highest BCUT2D eigenvalue weighted by molar-refractivity contribution is 7.19. The van der Waals surface area contributed by atoms with Gasteiger partial charge in [-0.2, -0.15) is 0 Å². The number of aromatic nitrogens is 2. The molecule has 1 aromatic carbocycles. The van der Waals surface area contributed by atoms with Crippen LogP contribution in [0.2, 0.25) is 0 Å². The summed E-state index contributed by atoms with van der Waals surface area (Å²) in [5.41, 5.74) is 2.55. The van der Waals surface area contributed by atoms with Gasteiger partial charge in [-0.1, -0.05) is 0 Å². The number of hydrogen-bond acceptors (Lipinski definition) is 7. The molecule has 29 heavy (non-hydrogen) atoms. The highest BCUT2D eigenvalue weighted by Gasteiger charge is 2.26. The molecule has 0 bridgehead atoms. The number of nitrogens with one attached hydrogen (secondary N) is 1. The fraction of sp³-hybridized carbons (Fsp3) is 0.455.